The van der Waals surface area contributed by atoms with E-state index in [0.29, 0.717) is 22.6 Å². The normalized spacial score (nSPS) is 14.4. The summed E-state index contributed by atoms with van der Waals surface area (Å²) in [5.41, 5.74) is 4.60. The topological polar surface area (TPSA) is 95.9 Å². The van der Waals surface area contributed by atoms with E-state index in [4.69, 9.17) is 4.74 Å². The SMILES string of the molecule is O=C1NN(c2ccccc2)C(=O)C1=Cc1c(OCc2cccc(C(=O)O)c2)ccc2ccccc12. The fraction of sp³-hybridized carbons (Fsp3) is 0.0357. The highest BCUT2D eigenvalue weighted by Crippen LogP contribution is 2.32. The number of ether oxygens (including phenoxy) is 1. The van der Waals surface area contributed by atoms with Crippen molar-refractivity contribution in [3.63, 3.8) is 0 Å². The van der Waals surface area contributed by atoms with Crippen molar-refractivity contribution >= 4 is 40.3 Å². The maximum absolute atomic E-state index is 13.1. The van der Waals surface area contributed by atoms with Gasteiger partial charge >= 0.3 is 5.97 Å². The van der Waals surface area contributed by atoms with Crippen LogP contribution in [0.15, 0.2) is 96.6 Å². The van der Waals surface area contributed by atoms with Crippen LogP contribution in [-0.2, 0) is 16.2 Å². The number of carbonyl (C=O) groups is 3. The molecule has 5 rings (SSSR count). The molecule has 0 saturated carbocycles. The largest absolute Gasteiger partial charge is 0.488 e. The Morgan fingerprint density at radius 2 is 1.69 bits per heavy atom. The first-order valence-corrected chi connectivity index (χ1v) is 10.9. The third-order valence-electron chi connectivity index (χ3n) is 5.69. The molecule has 0 unspecified atom stereocenters. The van der Waals surface area contributed by atoms with E-state index in [0.717, 1.165) is 10.8 Å². The summed E-state index contributed by atoms with van der Waals surface area (Å²) in [7, 11) is 0. The summed E-state index contributed by atoms with van der Waals surface area (Å²) in [5.74, 6) is -1.52. The second kappa shape index (κ2) is 9.15. The van der Waals surface area contributed by atoms with Gasteiger partial charge in [0.05, 0.1) is 11.3 Å². The Balaban J connectivity index is 1.53. The lowest BCUT2D eigenvalue weighted by Gasteiger charge is -2.14. The van der Waals surface area contributed by atoms with E-state index in [1.54, 1.807) is 54.6 Å². The summed E-state index contributed by atoms with van der Waals surface area (Å²) in [5, 5.41) is 12.2. The maximum Gasteiger partial charge on any atom is 0.335 e. The van der Waals surface area contributed by atoms with Gasteiger partial charge < -0.3 is 9.84 Å². The molecule has 4 aromatic rings. The maximum atomic E-state index is 13.1. The van der Waals surface area contributed by atoms with E-state index >= 15 is 0 Å². The Morgan fingerprint density at radius 3 is 2.49 bits per heavy atom. The quantitative estimate of drug-likeness (QED) is 0.322. The highest BCUT2D eigenvalue weighted by Gasteiger charge is 2.34. The minimum atomic E-state index is -1.02. The number of benzene rings is 4. The van der Waals surface area contributed by atoms with Gasteiger partial charge in [-0.25, -0.2) is 9.80 Å². The zero-order valence-corrected chi connectivity index (χ0v) is 18.5. The minimum absolute atomic E-state index is 0.0112. The number of nitrogens with one attached hydrogen (secondary N) is 1. The molecule has 7 nitrogen and oxygen atoms in total. The molecule has 1 heterocycles. The molecule has 0 bridgehead atoms. The molecule has 2 amide bonds. The number of hydrazine groups is 1. The number of carboxylic acids is 1. The van der Waals surface area contributed by atoms with Gasteiger partial charge in [-0.3, -0.25) is 15.0 Å². The van der Waals surface area contributed by atoms with Gasteiger partial charge in [-0.2, -0.15) is 0 Å². The molecule has 0 spiro atoms. The molecular formula is C28H20N2O5. The number of fused-ring (bicyclic) bond motifs is 1. The van der Waals surface area contributed by atoms with Crippen LogP contribution in [0.5, 0.6) is 5.75 Å². The smallest absolute Gasteiger partial charge is 0.335 e. The van der Waals surface area contributed by atoms with Crippen molar-refractivity contribution in [1.82, 2.24) is 5.43 Å². The van der Waals surface area contributed by atoms with Gasteiger partial charge in [0.25, 0.3) is 11.8 Å². The van der Waals surface area contributed by atoms with E-state index in [1.165, 1.54) is 11.1 Å². The second-order valence-corrected chi connectivity index (χ2v) is 7.97. The van der Waals surface area contributed by atoms with E-state index in [9.17, 15) is 19.5 Å². The molecule has 0 atom stereocenters. The number of aromatic carboxylic acids is 1. The van der Waals surface area contributed by atoms with Gasteiger partial charge in [0.15, 0.2) is 0 Å². The molecule has 2 N–H and O–H groups in total. The summed E-state index contributed by atoms with van der Waals surface area (Å²) in [4.78, 5) is 37.2. The van der Waals surface area contributed by atoms with Crippen molar-refractivity contribution in [2.45, 2.75) is 6.61 Å². The van der Waals surface area contributed by atoms with Crippen LogP contribution in [0.2, 0.25) is 0 Å². The Labute approximate surface area is 200 Å². The first kappa shape index (κ1) is 21.9. The molecule has 35 heavy (non-hydrogen) atoms. The molecule has 7 heteroatoms. The molecular weight excluding hydrogens is 444 g/mol. The molecule has 0 aromatic heterocycles. The fourth-order valence-corrected chi connectivity index (χ4v) is 3.97. The lowest BCUT2D eigenvalue weighted by atomic mass is 10.0. The Kier molecular flexibility index (Phi) is 5.73. The second-order valence-electron chi connectivity index (χ2n) is 7.97. The highest BCUT2D eigenvalue weighted by molar-refractivity contribution is 6.32. The molecule has 0 aliphatic carbocycles. The number of para-hydroxylation sites is 1. The van der Waals surface area contributed by atoms with Crippen LogP contribution >= 0.6 is 0 Å². The average Bonchev–Trinajstić information content (AvgIpc) is 3.17. The van der Waals surface area contributed by atoms with Crippen molar-refractivity contribution in [2.24, 2.45) is 0 Å². The average molecular weight is 464 g/mol. The lowest BCUT2D eigenvalue weighted by Crippen LogP contribution is -2.35. The molecule has 1 saturated heterocycles. The van der Waals surface area contributed by atoms with Gasteiger partial charge in [0, 0.05) is 5.56 Å². The lowest BCUT2D eigenvalue weighted by molar-refractivity contribution is -0.117. The monoisotopic (exact) mass is 464 g/mol. The van der Waals surface area contributed by atoms with Crippen molar-refractivity contribution in [3.8, 4) is 5.75 Å². The van der Waals surface area contributed by atoms with Crippen LogP contribution in [0.4, 0.5) is 5.69 Å². The third kappa shape index (κ3) is 4.35. The van der Waals surface area contributed by atoms with Crippen LogP contribution in [0.3, 0.4) is 0 Å². The first-order chi connectivity index (χ1) is 17.0. The highest BCUT2D eigenvalue weighted by atomic mass is 16.5. The molecule has 1 aliphatic heterocycles. The molecule has 172 valence electrons. The van der Waals surface area contributed by atoms with E-state index in [2.05, 4.69) is 5.43 Å². The standard InChI is InChI=1S/C28H20N2O5/c31-26-24(27(32)30(29-26)21-10-2-1-3-11-21)16-23-22-12-5-4-8-19(22)13-14-25(23)35-17-18-7-6-9-20(15-18)28(33)34/h1-16H,17H2,(H,29,31)(H,33,34). The van der Waals surface area contributed by atoms with Crippen LogP contribution in [-0.4, -0.2) is 22.9 Å². The molecule has 1 aliphatic rings. The predicted molar refractivity (Wildman–Crippen MR) is 132 cm³/mol. The Morgan fingerprint density at radius 1 is 0.914 bits per heavy atom. The number of hydrogen-bond acceptors (Lipinski definition) is 4. The summed E-state index contributed by atoms with van der Waals surface area (Å²) < 4.78 is 6.06. The van der Waals surface area contributed by atoms with Gasteiger partial charge in [0.1, 0.15) is 17.9 Å². The Hall–Kier alpha value is -4.91. The Bertz CT molecular complexity index is 1490. The summed E-state index contributed by atoms with van der Waals surface area (Å²) >= 11 is 0. The number of nitrogens with zero attached hydrogens (tertiary/aromatic N) is 1. The summed E-state index contributed by atoms with van der Waals surface area (Å²) in [6.45, 7) is 0.117. The number of anilines is 1. The summed E-state index contributed by atoms with van der Waals surface area (Å²) in [6.07, 6.45) is 1.55. The van der Waals surface area contributed by atoms with Crippen molar-refractivity contribution in [1.29, 1.82) is 0 Å². The van der Waals surface area contributed by atoms with Crippen LogP contribution in [0.1, 0.15) is 21.5 Å². The van der Waals surface area contributed by atoms with Gasteiger partial charge in [-0.05, 0) is 52.7 Å². The fourth-order valence-electron chi connectivity index (χ4n) is 3.97. The zero-order valence-electron chi connectivity index (χ0n) is 18.5. The van der Waals surface area contributed by atoms with E-state index < -0.39 is 17.8 Å². The van der Waals surface area contributed by atoms with Crippen LogP contribution in [0, 0.1) is 0 Å². The zero-order chi connectivity index (χ0) is 24.4. The van der Waals surface area contributed by atoms with Crippen molar-refractivity contribution < 1.29 is 24.2 Å². The van der Waals surface area contributed by atoms with Crippen molar-refractivity contribution in [3.05, 3.63) is 113 Å². The summed E-state index contributed by atoms with van der Waals surface area (Å²) in [6, 6.07) is 26.6. The third-order valence-corrected chi connectivity index (χ3v) is 5.69. The predicted octanol–water partition coefficient (Wildman–Crippen LogP) is 4.58. The molecule has 4 aromatic carbocycles. The minimum Gasteiger partial charge on any atom is -0.488 e. The van der Waals surface area contributed by atoms with Crippen LogP contribution < -0.4 is 15.2 Å². The first-order valence-electron chi connectivity index (χ1n) is 10.9. The van der Waals surface area contributed by atoms with Gasteiger partial charge in [-0.1, -0.05) is 60.7 Å². The van der Waals surface area contributed by atoms with Gasteiger partial charge in [-0.15, -0.1) is 0 Å². The van der Waals surface area contributed by atoms with E-state index in [1.807, 2.05) is 36.4 Å². The molecule has 0 radical (unpaired) electrons. The number of carboxylic acid groups (broad SMARTS) is 1. The molecule has 1 fully saturated rings. The van der Waals surface area contributed by atoms with Gasteiger partial charge in [0.2, 0.25) is 0 Å². The number of hydrogen-bond donors (Lipinski definition) is 2. The van der Waals surface area contributed by atoms with Crippen LogP contribution in [0.25, 0.3) is 16.8 Å². The number of amides is 2. The van der Waals surface area contributed by atoms with E-state index in [-0.39, 0.29) is 17.7 Å². The van der Waals surface area contributed by atoms with Crippen molar-refractivity contribution in [2.75, 3.05) is 5.01 Å². The number of carbonyl (C=O) groups excluding carboxylic acids is 2. The number of rotatable bonds is 6.